The smallest absolute Gasteiger partial charge is 0.231 e. The molecule has 0 N–H and O–H groups in total. The molecule has 4 heterocycles. The summed E-state index contributed by atoms with van der Waals surface area (Å²) in [5, 5.41) is 8.97. The van der Waals surface area contributed by atoms with Gasteiger partial charge in [0.1, 0.15) is 5.69 Å². The van der Waals surface area contributed by atoms with Crippen molar-refractivity contribution < 1.29 is 14.0 Å². The zero-order valence-corrected chi connectivity index (χ0v) is 16.9. The van der Waals surface area contributed by atoms with Crippen molar-refractivity contribution in [3.05, 3.63) is 47.4 Å². The van der Waals surface area contributed by atoms with E-state index in [-0.39, 0.29) is 12.8 Å². The molecule has 0 bridgehead atoms. The van der Waals surface area contributed by atoms with Crippen LogP contribution in [0.15, 0.2) is 35.0 Å². The van der Waals surface area contributed by atoms with E-state index in [1.807, 2.05) is 29.9 Å². The second kappa shape index (κ2) is 7.55. The van der Waals surface area contributed by atoms with Crippen molar-refractivity contribution in [2.45, 2.75) is 45.2 Å². The summed E-state index contributed by atoms with van der Waals surface area (Å²) in [7, 11) is 1.98. The summed E-state index contributed by atoms with van der Waals surface area (Å²) in [5.41, 5.74) is 4.33. The van der Waals surface area contributed by atoms with Crippen molar-refractivity contribution in [3.8, 4) is 22.8 Å². The highest BCUT2D eigenvalue weighted by Gasteiger charge is 2.27. The molecule has 152 valence electrons. The van der Waals surface area contributed by atoms with Gasteiger partial charge in [0.25, 0.3) is 0 Å². The average molecular weight is 394 g/mol. The van der Waals surface area contributed by atoms with Gasteiger partial charge in [-0.1, -0.05) is 18.0 Å². The summed E-state index contributed by atoms with van der Waals surface area (Å²) >= 11 is 0. The Morgan fingerprint density at radius 3 is 2.86 bits per heavy atom. The van der Waals surface area contributed by atoms with Crippen LogP contribution in [0.2, 0.25) is 0 Å². The number of hydrogen-bond acceptors (Lipinski definition) is 6. The molecule has 1 aromatic carbocycles. The molecule has 29 heavy (non-hydrogen) atoms. The maximum Gasteiger partial charge on any atom is 0.231 e. The van der Waals surface area contributed by atoms with Crippen LogP contribution in [0.1, 0.15) is 48.7 Å². The zero-order valence-electron chi connectivity index (χ0n) is 16.9. The van der Waals surface area contributed by atoms with E-state index < -0.39 is 0 Å². The van der Waals surface area contributed by atoms with Gasteiger partial charge < -0.3 is 14.0 Å². The van der Waals surface area contributed by atoms with Crippen LogP contribution in [-0.4, -0.2) is 33.2 Å². The lowest BCUT2D eigenvalue weighted by atomic mass is 10.0. The molecule has 7 heteroatoms. The number of aryl methyl sites for hydroxylation is 2. The van der Waals surface area contributed by atoms with Crippen LogP contribution in [0, 0.1) is 6.92 Å². The molecule has 0 amide bonds. The third-order valence-corrected chi connectivity index (χ3v) is 5.88. The summed E-state index contributed by atoms with van der Waals surface area (Å²) in [5.74, 6) is 2.29. The molecule has 0 saturated carbocycles. The first-order valence-corrected chi connectivity index (χ1v) is 10.3. The molecule has 2 aromatic heterocycles. The fourth-order valence-electron chi connectivity index (χ4n) is 4.35. The summed E-state index contributed by atoms with van der Waals surface area (Å²) in [6.07, 6.45) is 6.89. The number of ether oxygens (including phenoxy) is 2. The minimum atomic E-state index is 0.253. The zero-order chi connectivity index (χ0) is 19.8. The van der Waals surface area contributed by atoms with E-state index >= 15 is 0 Å². The number of fused-ring (bicyclic) bond motifs is 1. The van der Waals surface area contributed by atoms with E-state index in [1.165, 1.54) is 24.8 Å². The molecular weight excluding hydrogens is 368 g/mol. The van der Waals surface area contributed by atoms with E-state index in [0.717, 1.165) is 53.7 Å². The average Bonchev–Trinajstić information content (AvgIpc) is 3.40. The van der Waals surface area contributed by atoms with Crippen molar-refractivity contribution >= 4 is 0 Å². The van der Waals surface area contributed by atoms with Gasteiger partial charge in [0.05, 0.1) is 11.7 Å². The number of likely N-dealkylation sites (tertiary alicyclic amines) is 1. The first-order chi connectivity index (χ1) is 14.2. The van der Waals surface area contributed by atoms with Crippen molar-refractivity contribution in [3.63, 3.8) is 0 Å². The number of benzene rings is 1. The predicted octanol–water partition coefficient (Wildman–Crippen LogP) is 4.23. The standard InChI is InChI=1S/C22H26N4O3/c1-15-17(12-25(2)23-15)13-26-9-5-3-4-6-19(26)18-11-21(29-24-18)16-7-8-20-22(10-16)28-14-27-20/h7-8,10-12,19H,3-6,9,13-14H2,1-2H3/t19-/m0/s1. The Balaban J connectivity index is 1.41. The van der Waals surface area contributed by atoms with Gasteiger partial charge in [-0.05, 0) is 44.5 Å². The predicted molar refractivity (Wildman–Crippen MR) is 108 cm³/mol. The van der Waals surface area contributed by atoms with E-state index in [4.69, 9.17) is 14.0 Å². The molecule has 1 atom stereocenters. The van der Waals surface area contributed by atoms with Gasteiger partial charge in [-0.2, -0.15) is 5.10 Å². The van der Waals surface area contributed by atoms with Gasteiger partial charge in [0.15, 0.2) is 17.3 Å². The van der Waals surface area contributed by atoms with Crippen LogP contribution in [0.5, 0.6) is 11.5 Å². The summed E-state index contributed by atoms with van der Waals surface area (Å²) in [6, 6.07) is 8.20. The summed E-state index contributed by atoms with van der Waals surface area (Å²) < 4.78 is 18.5. The molecule has 5 rings (SSSR count). The van der Waals surface area contributed by atoms with Crippen LogP contribution in [0.3, 0.4) is 0 Å². The summed E-state index contributed by atoms with van der Waals surface area (Å²) in [4.78, 5) is 2.53. The number of nitrogens with zero attached hydrogens (tertiary/aromatic N) is 4. The van der Waals surface area contributed by atoms with Crippen molar-refractivity contribution in [2.75, 3.05) is 13.3 Å². The Morgan fingerprint density at radius 2 is 2.00 bits per heavy atom. The SMILES string of the molecule is Cc1nn(C)cc1CN1CCCCC[C@H]1c1cc(-c2ccc3c(c2)OCO3)on1. The summed E-state index contributed by atoms with van der Waals surface area (Å²) in [6.45, 7) is 4.29. The van der Waals surface area contributed by atoms with Crippen LogP contribution < -0.4 is 9.47 Å². The molecular formula is C22H26N4O3. The van der Waals surface area contributed by atoms with E-state index in [0.29, 0.717) is 0 Å². The highest BCUT2D eigenvalue weighted by atomic mass is 16.7. The maximum absolute atomic E-state index is 5.74. The van der Waals surface area contributed by atoms with Crippen molar-refractivity contribution in [1.29, 1.82) is 0 Å². The van der Waals surface area contributed by atoms with Gasteiger partial charge in [0, 0.05) is 37.0 Å². The maximum atomic E-state index is 5.74. The van der Waals surface area contributed by atoms with Crippen LogP contribution in [0.25, 0.3) is 11.3 Å². The molecule has 3 aromatic rings. The minimum absolute atomic E-state index is 0.253. The second-order valence-corrected chi connectivity index (χ2v) is 7.93. The van der Waals surface area contributed by atoms with Gasteiger partial charge in [-0.25, -0.2) is 0 Å². The Kier molecular flexibility index (Phi) is 4.75. The van der Waals surface area contributed by atoms with Crippen LogP contribution in [0.4, 0.5) is 0 Å². The van der Waals surface area contributed by atoms with Crippen LogP contribution >= 0.6 is 0 Å². The fraction of sp³-hybridized carbons (Fsp3) is 0.455. The quantitative estimate of drug-likeness (QED) is 0.660. The fourth-order valence-corrected chi connectivity index (χ4v) is 4.35. The topological polar surface area (TPSA) is 65.6 Å². The van der Waals surface area contributed by atoms with Crippen molar-refractivity contribution in [1.82, 2.24) is 19.8 Å². The lowest BCUT2D eigenvalue weighted by molar-refractivity contribution is 0.174. The largest absolute Gasteiger partial charge is 0.454 e. The molecule has 0 radical (unpaired) electrons. The van der Waals surface area contributed by atoms with Gasteiger partial charge in [0.2, 0.25) is 6.79 Å². The van der Waals surface area contributed by atoms with Gasteiger partial charge >= 0.3 is 0 Å². The third kappa shape index (κ3) is 3.62. The first kappa shape index (κ1) is 18.2. The third-order valence-electron chi connectivity index (χ3n) is 5.88. The van der Waals surface area contributed by atoms with E-state index in [1.54, 1.807) is 0 Å². The second-order valence-electron chi connectivity index (χ2n) is 7.93. The number of hydrogen-bond donors (Lipinski definition) is 0. The highest BCUT2D eigenvalue weighted by Crippen LogP contribution is 2.38. The van der Waals surface area contributed by atoms with E-state index in [2.05, 4.69) is 34.3 Å². The van der Waals surface area contributed by atoms with Crippen LogP contribution in [-0.2, 0) is 13.6 Å². The van der Waals surface area contributed by atoms with Gasteiger partial charge in [-0.15, -0.1) is 0 Å². The number of aromatic nitrogens is 3. The molecule has 0 unspecified atom stereocenters. The monoisotopic (exact) mass is 394 g/mol. The number of rotatable bonds is 4. The molecule has 2 aliphatic rings. The lowest BCUT2D eigenvalue weighted by Crippen LogP contribution is -2.28. The van der Waals surface area contributed by atoms with Gasteiger partial charge in [-0.3, -0.25) is 9.58 Å². The molecule has 0 aliphatic carbocycles. The lowest BCUT2D eigenvalue weighted by Gasteiger charge is -2.28. The molecule has 1 fully saturated rings. The Labute approximate surface area is 170 Å². The molecule has 0 spiro atoms. The van der Waals surface area contributed by atoms with E-state index in [9.17, 15) is 0 Å². The Hall–Kier alpha value is -2.80. The molecule has 7 nitrogen and oxygen atoms in total. The molecule has 2 aliphatic heterocycles. The van der Waals surface area contributed by atoms with Crippen molar-refractivity contribution in [2.24, 2.45) is 7.05 Å². The minimum Gasteiger partial charge on any atom is -0.454 e. The normalized spacial score (nSPS) is 19.4. The Bertz CT molecular complexity index is 1010. The molecule has 1 saturated heterocycles. The highest BCUT2D eigenvalue weighted by molar-refractivity contribution is 5.63. The first-order valence-electron chi connectivity index (χ1n) is 10.3. The Morgan fingerprint density at radius 1 is 1.10 bits per heavy atom.